The number of nitrogens with zero attached hydrogens (tertiary/aromatic N) is 4. The first kappa shape index (κ1) is 11.7. The number of aromatic nitrogens is 3. The number of benzene rings is 2. The monoisotopic (exact) mass is 268 g/mol. The van der Waals surface area contributed by atoms with Gasteiger partial charge in [-0.1, -0.05) is 41.1 Å². The molecule has 4 nitrogen and oxygen atoms in total. The quantitative estimate of drug-likeness (QED) is 0.681. The minimum absolute atomic E-state index is 0.540. The van der Waals surface area contributed by atoms with Crippen LogP contribution in [0, 0.1) is 11.3 Å². The van der Waals surface area contributed by atoms with Crippen LogP contribution in [0.15, 0.2) is 36.4 Å². The number of aryl methyl sites for hydroxylation is 1. The van der Waals surface area contributed by atoms with Gasteiger partial charge in [0.1, 0.15) is 17.1 Å². The summed E-state index contributed by atoms with van der Waals surface area (Å²) in [5.74, 6) is 0. The predicted molar refractivity (Wildman–Crippen MR) is 73.7 cm³/mol. The summed E-state index contributed by atoms with van der Waals surface area (Å²) in [6.07, 6.45) is 0. The van der Waals surface area contributed by atoms with Crippen LogP contribution in [0.25, 0.3) is 22.2 Å². The van der Waals surface area contributed by atoms with Gasteiger partial charge < -0.3 is 0 Å². The predicted octanol–water partition coefficient (Wildman–Crippen LogP) is 3.16. The van der Waals surface area contributed by atoms with Gasteiger partial charge in [-0.2, -0.15) is 5.26 Å². The maximum Gasteiger partial charge on any atom is 0.114 e. The van der Waals surface area contributed by atoms with Crippen molar-refractivity contribution in [3.8, 4) is 17.2 Å². The smallest absolute Gasteiger partial charge is 0.114 e. The van der Waals surface area contributed by atoms with Crippen LogP contribution < -0.4 is 0 Å². The average Bonchev–Trinajstić information content (AvgIpc) is 2.80. The van der Waals surface area contributed by atoms with E-state index in [1.165, 1.54) is 0 Å². The summed E-state index contributed by atoms with van der Waals surface area (Å²) in [6, 6.07) is 13.4. The minimum atomic E-state index is 0.540. The molecule has 0 N–H and O–H groups in total. The summed E-state index contributed by atoms with van der Waals surface area (Å²) in [4.78, 5) is 0. The topological polar surface area (TPSA) is 54.5 Å². The zero-order valence-corrected chi connectivity index (χ0v) is 10.9. The minimum Gasteiger partial charge on any atom is -0.246 e. The van der Waals surface area contributed by atoms with Crippen LogP contribution in [-0.2, 0) is 7.05 Å². The first-order chi connectivity index (χ1) is 9.22. The summed E-state index contributed by atoms with van der Waals surface area (Å²) >= 11 is 6.21. The van der Waals surface area contributed by atoms with Crippen LogP contribution in [0.5, 0.6) is 0 Å². The number of hydrogen-bond acceptors (Lipinski definition) is 3. The van der Waals surface area contributed by atoms with Crippen molar-refractivity contribution in [3.05, 3.63) is 47.0 Å². The van der Waals surface area contributed by atoms with Crippen LogP contribution in [-0.4, -0.2) is 15.0 Å². The molecular formula is C14H9ClN4. The summed E-state index contributed by atoms with van der Waals surface area (Å²) in [7, 11) is 1.77. The third-order valence-corrected chi connectivity index (χ3v) is 3.37. The van der Waals surface area contributed by atoms with Crippen LogP contribution in [0.1, 0.15) is 5.56 Å². The van der Waals surface area contributed by atoms with Gasteiger partial charge in [0.15, 0.2) is 0 Å². The molecule has 0 aliphatic carbocycles. The third kappa shape index (κ3) is 1.76. The largest absolute Gasteiger partial charge is 0.246 e. The number of halogens is 1. The molecule has 19 heavy (non-hydrogen) atoms. The van der Waals surface area contributed by atoms with E-state index in [1.807, 2.05) is 36.4 Å². The second-order valence-electron chi connectivity index (χ2n) is 4.16. The molecule has 0 saturated carbocycles. The molecule has 0 aliphatic heterocycles. The highest BCUT2D eigenvalue weighted by Gasteiger charge is 2.15. The number of rotatable bonds is 1. The van der Waals surface area contributed by atoms with Crippen molar-refractivity contribution in [3.63, 3.8) is 0 Å². The highest BCUT2D eigenvalue weighted by Crippen LogP contribution is 2.33. The van der Waals surface area contributed by atoms with E-state index in [4.69, 9.17) is 11.6 Å². The second-order valence-corrected chi connectivity index (χ2v) is 4.57. The molecule has 1 heterocycles. The molecule has 92 valence electrons. The molecule has 0 spiro atoms. The number of nitriles is 1. The van der Waals surface area contributed by atoms with Crippen molar-refractivity contribution in [2.24, 2.45) is 7.05 Å². The van der Waals surface area contributed by atoms with E-state index in [1.54, 1.807) is 11.7 Å². The van der Waals surface area contributed by atoms with Gasteiger partial charge in [-0.3, -0.25) is 0 Å². The molecule has 0 radical (unpaired) electrons. The van der Waals surface area contributed by atoms with Crippen molar-refractivity contribution in [2.45, 2.75) is 0 Å². The van der Waals surface area contributed by atoms with Gasteiger partial charge in [0.2, 0.25) is 0 Å². The molecule has 2 aromatic carbocycles. The Balaban J connectivity index is 2.40. The van der Waals surface area contributed by atoms with Gasteiger partial charge in [-0.15, -0.1) is 5.10 Å². The lowest BCUT2D eigenvalue weighted by Crippen LogP contribution is -1.94. The standard InChI is InChI=1S/C14H9ClN4/c1-19-14-11(8-16)9(6-7-13(14)17-18-19)10-4-2-3-5-12(10)15/h2-7H,1H3. The van der Waals surface area contributed by atoms with E-state index in [2.05, 4.69) is 16.4 Å². The first-order valence-electron chi connectivity index (χ1n) is 5.70. The van der Waals surface area contributed by atoms with E-state index in [-0.39, 0.29) is 0 Å². The maximum absolute atomic E-state index is 9.45. The molecule has 3 rings (SSSR count). The van der Waals surface area contributed by atoms with Crippen molar-refractivity contribution >= 4 is 22.6 Å². The lowest BCUT2D eigenvalue weighted by molar-refractivity contribution is 0.736. The second kappa shape index (κ2) is 4.38. The van der Waals surface area contributed by atoms with Crippen LogP contribution >= 0.6 is 11.6 Å². The lowest BCUT2D eigenvalue weighted by Gasteiger charge is -2.07. The Morgan fingerprint density at radius 1 is 1.16 bits per heavy atom. The molecular weight excluding hydrogens is 260 g/mol. The molecule has 0 saturated heterocycles. The first-order valence-corrected chi connectivity index (χ1v) is 6.07. The fraction of sp³-hybridized carbons (Fsp3) is 0.0714. The van der Waals surface area contributed by atoms with Gasteiger partial charge in [-0.05, 0) is 12.1 Å². The van der Waals surface area contributed by atoms with E-state index in [0.717, 1.165) is 16.6 Å². The Bertz CT molecular complexity index is 814. The fourth-order valence-electron chi connectivity index (χ4n) is 2.17. The highest BCUT2D eigenvalue weighted by molar-refractivity contribution is 6.33. The highest BCUT2D eigenvalue weighted by atomic mass is 35.5. The number of hydrogen-bond donors (Lipinski definition) is 0. The SMILES string of the molecule is Cn1nnc2ccc(-c3ccccc3Cl)c(C#N)c21. The molecule has 0 amide bonds. The van der Waals surface area contributed by atoms with E-state index < -0.39 is 0 Å². The Morgan fingerprint density at radius 2 is 1.95 bits per heavy atom. The van der Waals surface area contributed by atoms with Crippen molar-refractivity contribution in [1.82, 2.24) is 15.0 Å². The molecule has 5 heteroatoms. The van der Waals surface area contributed by atoms with Gasteiger partial charge in [-0.25, -0.2) is 4.68 Å². The summed E-state index contributed by atoms with van der Waals surface area (Å²) in [6.45, 7) is 0. The van der Waals surface area contributed by atoms with E-state index in [0.29, 0.717) is 16.1 Å². The molecule has 0 atom stereocenters. The zero-order chi connectivity index (χ0) is 13.4. The third-order valence-electron chi connectivity index (χ3n) is 3.04. The molecule has 0 unspecified atom stereocenters. The summed E-state index contributed by atoms with van der Waals surface area (Å²) in [5, 5.41) is 18.0. The summed E-state index contributed by atoms with van der Waals surface area (Å²) in [5.41, 5.74) is 3.60. The van der Waals surface area contributed by atoms with Crippen molar-refractivity contribution in [1.29, 1.82) is 5.26 Å². The van der Waals surface area contributed by atoms with Crippen molar-refractivity contribution in [2.75, 3.05) is 0 Å². The van der Waals surface area contributed by atoms with Crippen LogP contribution in [0.2, 0.25) is 5.02 Å². The van der Waals surface area contributed by atoms with Crippen molar-refractivity contribution < 1.29 is 0 Å². The number of fused-ring (bicyclic) bond motifs is 1. The molecule has 0 aliphatic rings. The van der Waals surface area contributed by atoms with Gasteiger partial charge in [0.25, 0.3) is 0 Å². The van der Waals surface area contributed by atoms with E-state index in [9.17, 15) is 5.26 Å². The Kier molecular flexibility index (Phi) is 2.69. The van der Waals surface area contributed by atoms with Gasteiger partial charge in [0.05, 0.1) is 5.56 Å². The Morgan fingerprint density at radius 3 is 2.68 bits per heavy atom. The average molecular weight is 269 g/mol. The molecule has 3 aromatic rings. The molecule has 0 bridgehead atoms. The van der Waals surface area contributed by atoms with Gasteiger partial charge in [0, 0.05) is 23.2 Å². The normalized spacial score (nSPS) is 10.6. The van der Waals surface area contributed by atoms with Crippen LogP contribution in [0.3, 0.4) is 0 Å². The van der Waals surface area contributed by atoms with Crippen LogP contribution in [0.4, 0.5) is 0 Å². The fourth-order valence-corrected chi connectivity index (χ4v) is 2.40. The summed E-state index contributed by atoms with van der Waals surface area (Å²) < 4.78 is 1.61. The zero-order valence-electron chi connectivity index (χ0n) is 10.1. The Hall–Kier alpha value is -2.38. The lowest BCUT2D eigenvalue weighted by atomic mass is 9.99. The molecule has 0 fully saturated rings. The van der Waals surface area contributed by atoms with Gasteiger partial charge >= 0.3 is 0 Å². The van der Waals surface area contributed by atoms with E-state index >= 15 is 0 Å². The maximum atomic E-state index is 9.45. The molecule has 1 aromatic heterocycles. The Labute approximate surface area is 114 Å².